The van der Waals surface area contributed by atoms with E-state index in [4.69, 9.17) is 9.72 Å². The fourth-order valence-electron chi connectivity index (χ4n) is 2.72. The molecule has 1 aliphatic heterocycles. The maximum absolute atomic E-state index is 12.0. The van der Waals surface area contributed by atoms with Crippen LogP contribution in [0.1, 0.15) is 63.7 Å². The number of aryl methyl sites for hydroxylation is 2. The Labute approximate surface area is 127 Å². The topological polar surface area (TPSA) is 58.2 Å². The molecule has 0 radical (unpaired) electrons. The van der Waals surface area contributed by atoms with Gasteiger partial charge in [0, 0.05) is 24.7 Å². The first-order valence-corrected chi connectivity index (χ1v) is 7.83. The molecule has 2 heterocycles. The number of likely N-dealkylation sites (tertiary alicyclic amines) is 1. The maximum atomic E-state index is 12.0. The Morgan fingerprint density at radius 3 is 2.48 bits per heavy atom. The number of ether oxygens (including phenoxy) is 1. The average Bonchev–Trinajstić information content (AvgIpc) is 2.78. The van der Waals surface area contributed by atoms with Gasteiger partial charge in [0.25, 0.3) is 0 Å². The van der Waals surface area contributed by atoms with Gasteiger partial charge in [-0.1, -0.05) is 6.92 Å². The quantitative estimate of drug-likeness (QED) is 0.909. The van der Waals surface area contributed by atoms with Gasteiger partial charge < -0.3 is 14.6 Å². The highest BCUT2D eigenvalue weighted by Gasteiger charge is 2.28. The number of rotatable bonds is 2. The third kappa shape index (κ3) is 3.99. The molecule has 0 aliphatic carbocycles. The van der Waals surface area contributed by atoms with E-state index >= 15 is 0 Å². The van der Waals surface area contributed by atoms with Gasteiger partial charge in [0.05, 0.1) is 5.69 Å². The number of piperidine rings is 1. The van der Waals surface area contributed by atoms with E-state index in [0.29, 0.717) is 5.92 Å². The number of aromatic amines is 1. The summed E-state index contributed by atoms with van der Waals surface area (Å²) in [5, 5.41) is 0. The van der Waals surface area contributed by atoms with Crippen LogP contribution in [0.3, 0.4) is 0 Å². The molecule has 1 fully saturated rings. The minimum absolute atomic E-state index is 0.203. The molecule has 0 saturated carbocycles. The highest BCUT2D eigenvalue weighted by Crippen LogP contribution is 2.27. The molecule has 1 amide bonds. The first-order valence-electron chi connectivity index (χ1n) is 7.83. The van der Waals surface area contributed by atoms with E-state index in [9.17, 15) is 4.79 Å². The second kappa shape index (κ2) is 6.08. The Morgan fingerprint density at radius 1 is 1.38 bits per heavy atom. The zero-order valence-corrected chi connectivity index (χ0v) is 13.8. The molecule has 5 heteroatoms. The average molecular weight is 293 g/mol. The van der Waals surface area contributed by atoms with Crippen molar-refractivity contribution in [3.63, 3.8) is 0 Å². The summed E-state index contributed by atoms with van der Waals surface area (Å²) in [5.74, 6) is 1.50. The maximum Gasteiger partial charge on any atom is 0.410 e. The molecule has 2 rings (SSSR count). The van der Waals surface area contributed by atoms with Crippen LogP contribution < -0.4 is 0 Å². The van der Waals surface area contributed by atoms with Crippen molar-refractivity contribution >= 4 is 6.09 Å². The lowest BCUT2D eigenvalue weighted by Crippen LogP contribution is -2.41. The molecule has 21 heavy (non-hydrogen) atoms. The van der Waals surface area contributed by atoms with Crippen LogP contribution in [-0.2, 0) is 11.2 Å². The zero-order chi connectivity index (χ0) is 15.6. The summed E-state index contributed by atoms with van der Waals surface area (Å²) in [6, 6.07) is 0. The second-order valence-corrected chi connectivity index (χ2v) is 6.79. The number of aromatic nitrogens is 2. The van der Waals surface area contributed by atoms with Gasteiger partial charge in [-0.05, 0) is 47.0 Å². The van der Waals surface area contributed by atoms with Gasteiger partial charge >= 0.3 is 6.09 Å². The first kappa shape index (κ1) is 15.9. The van der Waals surface area contributed by atoms with Crippen molar-refractivity contribution in [3.8, 4) is 0 Å². The number of amides is 1. The van der Waals surface area contributed by atoms with Gasteiger partial charge in [0.2, 0.25) is 0 Å². The Bertz CT molecular complexity index is 494. The SMILES string of the molecule is CCc1nc(C2CCN(C(=O)OC(C)(C)C)CC2)[nH]c1C. The van der Waals surface area contributed by atoms with E-state index in [0.717, 1.165) is 43.9 Å². The Hall–Kier alpha value is -1.52. The van der Waals surface area contributed by atoms with Crippen LogP contribution in [0.15, 0.2) is 0 Å². The van der Waals surface area contributed by atoms with Crippen molar-refractivity contribution in [2.45, 2.75) is 65.4 Å². The minimum atomic E-state index is -0.428. The molecule has 118 valence electrons. The van der Waals surface area contributed by atoms with E-state index in [-0.39, 0.29) is 6.09 Å². The monoisotopic (exact) mass is 293 g/mol. The molecule has 0 atom stereocenters. The number of hydrogen-bond donors (Lipinski definition) is 1. The summed E-state index contributed by atoms with van der Waals surface area (Å²) in [6.45, 7) is 11.4. The van der Waals surface area contributed by atoms with Gasteiger partial charge in [-0.25, -0.2) is 9.78 Å². The Kier molecular flexibility index (Phi) is 4.59. The molecular formula is C16H27N3O2. The van der Waals surface area contributed by atoms with Crippen LogP contribution in [-0.4, -0.2) is 39.7 Å². The van der Waals surface area contributed by atoms with E-state index in [1.165, 1.54) is 5.69 Å². The molecular weight excluding hydrogens is 266 g/mol. The van der Waals surface area contributed by atoms with Crippen molar-refractivity contribution < 1.29 is 9.53 Å². The third-order valence-corrected chi connectivity index (χ3v) is 3.87. The van der Waals surface area contributed by atoms with Gasteiger partial charge in [-0.3, -0.25) is 0 Å². The van der Waals surface area contributed by atoms with E-state index < -0.39 is 5.60 Å². The van der Waals surface area contributed by atoms with E-state index in [2.05, 4.69) is 18.8 Å². The summed E-state index contributed by atoms with van der Waals surface area (Å²) in [7, 11) is 0. The fraction of sp³-hybridized carbons (Fsp3) is 0.750. The molecule has 0 spiro atoms. The number of nitrogens with zero attached hydrogens (tertiary/aromatic N) is 2. The summed E-state index contributed by atoms with van der Waals surface area (Å²) in [6.07, 6.45) is 2.63. The molecule has 1 aromatic rings. The Morgan fingerprint density at radius 2 is 2.00 bits per heavy atom. The molecule has 0 aromatic carbocycles. The first-order chi connectivity index (χ1) is 9.80. The fourth-order valence-corrected chi connectivity index (χ4v) is 2.72. The molecule has 1 aliphatic rings. The van der Waals surface area contributed by atoms with Crippen LogP contribution in [0.4, 0.5) is 4.79 Å². The highest BCUT2D eigenvalue weighted by atomic mass is 16.6. The molecule has 0 unspecified atom stereocenters. The number of hydrogen-bond acceptors (Lipinski definition) is 3. The van der Waals surface area contributed by atoms with Crippen LogP contribution in [0, 0.1) is 6.92 Å². The van der Waals surface area contributed by atoms with E-state index in [1.54, 1.807) is 4.90 Å². The van der Waals surface area contributed by atoms with Crippen LogP contribution in [0.2, 0.25) is 0 Å². The van der Waals surface area contributed by atoms with Crippen molar-refractivity contribution in [1.82, 2.24) is 14.9 Å². The standard InChI is InChI=1S/C16H27N3O2/c1-6-13-11(2)17-14(18-13)12-7-9-19(10-8-12)15(20)21-16(3,4)5/h12H,6-10H2,1-5H3,(H,17,18). The predicted octanol–water partition coefficient (Wildman–Crippen LogP) is 3.40. The predicted molar refractivity (Wildman–Crippen MR) is 82.5 cm³/mol. The number of carbonyl (C=O) groups is 1. The minimum Gasteiger partial charge on any atom is -0.444 e. The lowest BCUT2D eigenvalue weighted by Gasteiger charge is -2.32. The largest absolute Gasteiger partial charge is 0.444 e. The zero-order valence-electron chi connectivity index (χ0n) is 13.8. The van der Waals surface area contributed by atoms with E-state index in [1.807, 2.05) is 20.8 Å². The summed E-state index contributed by atoms with van der Waals surface area (Å²) in [5.41, 5.74) is 1.89. The second-order valence-electron chi connectivity index (χ2n) is 6.79. The molecule has 1 aromatic heterocycles. The van der Waals surface area contributed by atoms with Gasteiger partial charge in [0.15, 0.2) is 0 Å². The lowest BCUT2D eigenvalue weighted by atomic mass is 9.96. The number of carbonyl (C=O) groups excluding carboxylic acids is 1. The molecule has 1 saturated heterocycles. The lowest BCUT2D eigenvalue weighted by molar-refractivity contribution is 0.0203. The highest BCUT2D eigenvalue weighted by molar-refractivity contribution is 5.68. The number of H-pyrrole nitrogens is 1. The van der Waals surface area contributed by atoms with Gasteiger partial charge in [0.1, 0.15) is 11.4 Å². The number of imidazole rings is 1. The van der Waals surface area contributed by atoms with Crippen LogP contribution in [0.25, 0.3) is 0 Å². The molecule has 5 nitrogen and oxygen atoms in total. The summed E-state index contributed by atoms with van der Waals surface area (Å²) < 4.78 is 5.42. The third-order valence-electron chi connectivity index (χ3n) is 3.87. The summed E-state index contributed by atoms with van der Waals surface area (Å²) >= 11 is 0. The van der Waals surface area contributed by atoms with Gasteiger partial charge in [-0.2, -0.15) is 0 Å². The summed E-state index contributed by atoms with van der Waals surface area (Å²) in [4.78, 5) is 21.9. The van der Waals surface area contributed by atoms with Gasteiger partial charge in [-0.15, -0.1) is 0 Å². The van der Waals surface area contributed by atoms with Crippen molar-refractivity contribution in [3.05, 3.63) is 17.2 Å². The molecule has 1 N–H and O–H groups in total. The normalized spacial score (nSPS) is 17.1. The number of nitrogens with one attached hydrogen (secondary N) is 1. The Balaban J connectivity index is 1.92. The van der Waals surface area contributed by atoms with Crippen molar-refractivity contribution in [1.29, 1.82) is 0 Å². The van der Waals surface area contributed by atoms with Crippen LogP contribution >= 0.6 is 0 Å². The smallest absolute Gasteiger partial charge is 0.410 e. The molecule has 0 bridgehead atoms. The van der Waals surface area contributed by atoms with Crippen molar-refractivity contribution in [2.24, 2.45) is 0 Å². The van der Waals surface area contributed by atoms with Crippen molar-refractivity contribution in [2.75, 3.05) is 13.1 Å². The van der Waals surface area contributed by atoms with Crippen LogP contribution in [0.5, 0.6) is 0 Å².